The molecule has 0 spiro atoms. The number of ketones is 1. The summed E-state index contributed by atoms with van der Waals surface area (Å²) >= 11 is 0. The first-order valence-corrected chi connectivity index (χ1v) is 8.41. The summed E-state index contributed by atoms with van der Waals surface area (Å²) in [6.45, 7) is 1.49. The Labute approximate surface area is 150 Å². The van der Waals surface area contributed by atoms with E-state index in [1.54, 1.807) is 24.3 Å². The van der Waals surface area contributed by atoms with Crippen molar-refractivity contribution in [1.82, 2.24) is 4.90 Å². The molecular weight excluding hydrogens is 337 g/mol. The summed E-state index contributed by atoms with van der Waals surface area (Å²) in [5.74, 6) is -1.68. The fraction of sp³-hybridized carbons (Fsp3) is 0.250. The Morgan fingerprint density at radius 2 is 1.81 bits per heavy atom. The number of hydrogen-bond acceptors (Lipinski definition) is 4. The van der Waals surface area contributed by atoms with E-state index in [1.807, 2.05) is 6.92 Å². The molecule has 2 aromatic carbocycles. The molecule has 0 radical (unpaired) electrons. The molecule has 0 saturated carbocycles. The van der Waals surface area contributed by atoms with Gasteiger partial charge in [-0.1, -0.05) is 25.5 Å². The third-order valence-electron chi connectivity index (χ3n) is 4.19. The topological polar surface area (TPSA) is 63.7 Å². The molecule has 26 heavy (non-hydrogen) atoms. The average Bonchev–Trinajstić information content (AvgIpc) is 2.74. The highest BCUT2D eigenvalue weighted by atomic mass is 19.1. The standard InChI is InChI=1S/C20H18FNO4/c1-2-5-18-20(25)22(12-16(23)13-8-10-14(21)11-9-13)19(24)15-6-3-4-7-17(15)26-18/h3-4,6-11,18H,2,5,12H2,1H3. The molecule has 0 saturated heterocycles. The van der Waals surface area contributed by atoms with E-state index < -0.39 is 36.1 Å². The minimum atomic E-state index is -0.825. The van der Waals surface area contributed by atoms with E-state index in [0.29, 0.717) is 18.6 Å². The van der Waals surface area contributed by atoms with Gasteiger partial charge in [-0.25, -0.2) is 4.39 Å². The number of carbonyl (C=O) groups is 3. The Hall–Kier alpha value is -3.02. The average molecular weight is 355 g/mol. The van der Waals surface area contributed by atoms with Gasteiger partial charge in [-0.3, -0.25) is 19.3 Å². The van der Waals surface area contributed by atoms with Crippen LogP contribution in [0.1, 0.15) is 40.5 Å². The highest BCUT2D eigenvalue weighted by molar-refractivity contribution is 6.12. The van der Waals surface area contributed by atoms with Gasteiger partial charge in [0.05, 0.1) is 12.1 Å². The SMILES string of the molecule is CCCC1Oc2ccccc2C(=O)N(CC(=O)c2ccc(F)cc2)C1=O. The number of amides is 2. The largest absolute Gasteiger partial charge is 0.480 e. The first-order chi connectivity index (χ1) is 12.5. The Morgan fingerprint density at radius 3 is 2.50 bits per heavy atom. The van der Waals surface area contributed by atoms with Gasteiger partial charge in [-0.15, -0.1) is 0 Å². The zero-order valence-electron chi connectivity index (χ0n) is 14.3. The molecule has 1 unspecified atom stereocenters. The number of carbonyl (C=O) groups excluding carboxylic acids is 3. The molecule has 1 aliphatic heterocycles. The minimum Gasteiger partial charge on any atom is -0.480 e. The first kappa shape index (κ1) is 17.8. The summed E-state index contributed by atoms with van der Waals surface area (Å²) in [6, 6.07) is 11.6. The van der Waals surface area contributed by atoms with Crippen LogP contribution in [0.5, 0.6) is 5.75 Å². The summed E-state index contributed by atoms with van der Waals surface area (Å²) < 4.78 is 18.8. The summed E-state index contributed by atoms with van der Waals surface area (Å²) in [4.78, 5) is 39.1. The molecule has 0 aromatic heterocycles. The molecule has 2 amide bonds. The van der Waals surface area contributed by atoms with E-state index in [2.05, 4.69) is 0 Å². The lowest BCUT2D eigenvalue weighted by atomic mass is 10.1. The van der Waals surface area contributed by atoms with Gasteiger partial charge in [-0.05, 0) is 42.8 Å². The number of rotatable bonds is 5. The van der Waals surface area contributed by atoms with Crippen molar-refractivity contribution in [2.75, 3.05) is 6.54 Å². The number of halogens is 1. The Balaban J connectivity index is 1.92. The zero-order chi connectivity index (χ0) is 18.7. The maximum atomic E-state index is 13.0. The molecule has 0 fully saturated rings. The van der Waals surface area contributed by atoms with E-state index in [0.717, 1.165) is 17.0 Å². The van der Waals surface area contributed by atoms with Crippen molar-refractivity contribution >= 4 is 17.6 Å². The summed E-state index contributed by atoms with van der Waals surface area (Å²) in [5.41, 5.74) is 0.476. The van der Waals surface area contributed by atoms with Crippen LogP contribution in [0, 0.1) is 5.82 Å². The van der Waals surface area contributed by atoms with Crippen molar-refractivity contribution in [2.24, 2.45) is 0 Å². The predicted octanol–water partition coefficient (Wildman–Crippen LogP) is 3.24. The van der Waals surface area contributed by atoms with Gasteiger partial charge in [0.25, 0.3) is 11.8 Å². The van der Waals surface area contributed by atoms with Crippen LogP contribution in [0.25, 0.3) is 0 Å². The monoisotopic (exact) mass is 355 g/mol. The maximum Gasteiger partial charge on any atom is 0.270 e. The fourth-order valence-electron chi connectivity index (χ4n) is 2.83. The quantitative estimate of drug-likeness (QED) is 0.610. The normalized spacial score (nSPS) is 16.7. The minimum absolute atomic E-state index is 0.234. The molecular formula is C20H18FNO4. The van der Waals surface area contributed by atoms with E-state index in [-0.39, 0.29) is 11.1 Å². The van der Waals surface area contributed by atoms with Crippen molar-refractivity contribution in [2.45, 2.75) is 25.9 Å². The van der Waals surface area contributed by atoms with Gasteiger partial charge in [0, 0.05) is 5.56 Å². The van der Waals surface area contributed by atoms with Crippen LogP contribution in [-0.2, 0) is 4.79 Å². The van der Waals surface area contributed by atoms with Crippen LogP contribution in [0.15, 0.2) is 48.5 Å². The lowest BCUT2D eigenvalue weighted by Gasteiger charge is -2.21. The van der Waals surface area contributed by atoms with Gasteiger partial charge in [-0.2, -0.15) is 0 Å². The van der Waals surface area contributed by atoms with Crippen molar-refractivity contribution in [3.05, 3.63) is 65.5 Å². The lowest BCUT2D eigenvalue weighted by molar-refractivity contribution is -0.135. The number of hydrogen-bond donors (Lipinski definition) is 0. The lowest BCUT2D eigenvalue weighted by Crippen LogP contribution is -2.45. The van der Waals surface area contributed by atoms with Gasteiger partial charge in [0.1, 0.15) is 11.6 Å². The molecule has 134 valence electrons. The van der Waals surface area contributed by atoms with Crippen LogP contribution < -0.4 is 4.74 Å². The first-order valence-electron chi connectivity index (χ1n) is 8.41. The molecule has 1 aliphatic rings. The maximum absolute atomic E-state index is 13.0. The van der Waals surface area contributed by atoms with Gasteiger partial charge < -0.3 is 4.74 Å². The zero-order valence-corrected chi connectivity index (χ0v) is 14.3. The van der Waals surface area contributed by atoms with Gasteiger partial charge in [0.2, 0.25) is 0 Å². The number of nitrogens with zero attached hydrogens (tertiary/aromatic N) is 1. The second kappa shape index (κ2) is 7.47. The second-order valence-corrected chi connectivity index (χ2v) is 6.05. The van der Waals surface area contributed by atoms with Crippen molar-refractivity contribution in [1.29, 1.82) is 0 Å². The van der Waals surface area contributed by atoms with E-state index in [4.69, 9.17) is 4.74 Å². The van der Waals surface area contributed by atoms with Crippen LogP contribution in [0.2, 0.25) is 0 Å². The number of para-hydroxylation sites is 1. The Kier molecular flexibility index (Phi) is 5.11. The van der Waals surface area contributed by atoms with Crippen molar-refractivity contribution in [3.63, 3.8) is 0 Å². The summed E-state index contributed by atoms with van der Waals surface area (Å²) in [7, 11) is 0. The Morgan fingerprint density at radius 1 is 1.12 bits per heavy atom. The third kappa shape index (κ3) is 3.49. The smallest absolute Gasteiger partial charge is 0.270 e. The molecule has 0 N–H and O–H groups in total. The molecule has 1 heterocycles. The number of imide groups is 1. The molecule has 0 bridgehead atoms. The second-order valence-electron chi connectivity index (χ2n) is 6.05. The van der Waals surface area contributed by atoms with Crippen LogP contribution >= 0.6 is 0 Å². The number of Topliss-reactive ketones (excluding diaryl/α,β-unsaturated/α-hetero) is 1. The molecule has 1 atom stereocenters. The molecule has 5 nitrogen and oxygen atoms in total. The number of ether oxygens (including phenoxy) is 1. The van der Waals surface area contributed by atoms with Gasteiger partial charge in [0.15, 0.2) is 11.9 Å². The third-order valence-corrected chi connectivity index (χ3v) is 4.19. The number of fused-ring (bicyclic) bond motifs is 1. The summed E-state index contributed by atoms with van der Waals surface area (Å²) in [6.07, 6.45) is 0.294. The van der Waals surface area contributed by atoms with E-state index in [1.165, 1.54) is 12.1 Å². The van der Waals surface area contributed by atoms with Crippen LogP contribution in [0.3, 0.4) is 0 Å². The molecule has 2 aromatic rings. The molecule has 0 aliphatic carbocycles. The van der Waals surface area contributed by atoms with E-state index in [9.17, 15) is 18.8 Å². The highest BCUT2D eigenvalue weighted by Gasteiger charge is 2.36. The highest BCUT2D eigenvalue weighted by Crippen LogP contribution is 2.27. The summed E-state index contributed by atoms with van der Waals surface area (Å²) in [5, 5.41) is 0. The fourth-order valence-corrected chi connectivity index (χ4v) is 2.83. The van der Waals surface area contributed by atoms with Crippen LogP contribution in [0.4, 0.5) is 4.39 Å². The molecule has 6 heteroatoms. The van der Waals surface area contributed by atoms with Gasteiger partial charge >= 0.3 is 0 Å². The number of benzene rings is 2. The van der Waals surface area contributed by atoms with Crippen molar-refractivity contribution in [3.8, 4) is 5.75 Å². The predicted molar refractivity (Wildman–Crippen MR) is 92.5 cm³/mol. The van der Waals surface area contributed by atoms with Crippen molar-refractivity contribution < 1.29 is 23.5 Å². The Bertz CT molecular complexity index is 847. The van der Waals surface area contributed by atoms with Crippen LogP contribution in [-0.4, -0.2) is 35.1 Å². The molecule has 3 rings (SSSR count). The van der Waals surface area contributed by atoms with E-state index >= 15 is 0 Å².